The van der Waals surface area contributed by atoms with Crippen molar-refractivity contribution in [3.63, 3.8) is 0 Å². The molecular weight excluding hydrogens is 575 g/mol. The third-order valence-corrected chi connectivity index (χ3v) is 7.16. The van der Waals surface area contributed by atoms with Crippen molar-refractivity contribution in [1.82, 2.24) is 0 Å². The number of halogens is 1. The number of fused-ring (bicyclic) bond motifs is 1. The topological polar surface area (TPSA) is 96.3 Å². The SMILES string of the molecule is Cc1ccc(S(=O)(=O)Oc2ccc3ccccc3c2/C=C(\C#N)C(=O)Nc2ccc(I)cc2)cc1. The molecule has 0 radical (unpaired) electrons. The van der Waals surface area contributed by atoms with Crippen LogP contribution in [0.4, 0.5) is 5.69 Å². The Morgan fingerprint density at radius 1 is 0.971 bits per heavy atom. The van der Waals surface area contributed by atoms with E-state index in [-0.39, 0.29) is 16.2 Å². The Labute approximate surface area is 217 Å². The average Bonchev–Trinajstić information content (AvgIpc) is 2.84. The van der Waals surface area contributed by atoms with Crippen LogP contribution in [0.5, 0.6) is 5.75 Å². The fraction of sp³-hybridized carbons (Fsp3) is 0.0370. The van der Waals surface area contributed by atoms with Gasteiger partial charge in [0.2, 0.25) is 0 Å². The van der Waals surface area contributed by atoms with Crippen LogP contribution in [-0.4, -0.2) is 14.3 Å². The minimum atomic E-state index is -4.15. The van der Waals surface area contributed by atoms with Crippen molar-refractivity contribution < 1.29 is 17.4 Å². The maximum absolute atomic E-state index is 13.0. The second-order valence-corrected chi connectivity index (χ2v) is 10.5. The summed E-state index contributed by atoms with van der Waals surface area (Å²) in [5.41, 5.74) is 1.56. The van der Waals surface area contributed by atoms with E-state index in [0.717, 1.165) is 14.5 Å². The molecule has 0 aliphatic carbocycles. The summed E-state index contributed by atoms with van der Waals surface area (Å²) in [4.78, 5) is 12.9. The zero-order valence-electron chi connectivity index (χ0n) is 18.5. The molecule has 0 bridgehead atoms. The molecule has 0 atom stereocenters. The van der Waals surface area contributed by atoms with E-state index >= 15 is 0 Å². The van der Waals surface area contributed by atoms with Crippen molar-refractivity contribution in [2.45, 2.75) is 11.8 Å². The lowest BCUT2D eigenvalue weighted by Gasteiger charge is -2.13. The van der Waals surface area contributed by atoms with Crippen LogP contribution in [0.2, 0.25) is 0 Å². The summed E-state index contributed by atoms with van der Waals surface area (Å²) in [5.74, 6) is -0.604. The van der Waals surface area contributed by atoms with Gasteiger partial charge in [-0.3, -0.25) is 4.79 Å². The highest BCUT2D eigenvalue weighted by Crippen LogP contribution is 2.32. The normalized spacial score (nSPS) is 11.6. The first kappa shape index (κ1) is 24.4. The van der Waals surface area contributed by atoms with Gasteiger partial charge in [-0.25, -0.2) is 0 Å². The number of nitriles is 1. The minimum absolute atomic E-state index is 0.00291. The van der Waals surface area contributed by atoms with E-state index in [1.54, 1.807) is 42.5 Å². The second kappa shape index (κ2) is 10.3. The number of nitrogens with zero attached hydrogens (tertiary/aromatic N) is 1. The fourth-order valence-electron chi connectivity index (χ4n) is 3.39. The largest absolute Gasteiger partial charge is 0.378 e. The van der Waals surface area contributed by atoms with Crippen LogP contribution in [0.25, 0.3) is 16.8 Å². The molecule has 174 valence electrons. The molecule has 4 aromatic rings. The second-order valence-electron chi connectivity index (χ2n) is 7.68. The van der Waals surface area contributed by atoms with Crippen LogP contribution in [0, 0.1) is 21.8 Å². The van der Waals surface area contributed by atoms with Crippen LogP contribution >= 0.6 is 22.6 Å². The number of hydrogen-bond acceptors (Lipinski definition) is 5. The lowest BCUT2D eigenvalue weighted by atomic mass is 10.0. The third kappa shape index (κ3) is 5.70. The molecule has 0 aliphatic heterocycles. The summed E-state index contributed by atoms with van der Waals surface area (Å²) < 4.78 is 32.5. The van der Waals surface area contributed by atoms with E-state index in [9.17, 15) is 18.5 Å². The van der Waals surface area contributed by atoms with Gasteiger partial charge in [-0.05, 0) is 88.8 Å². The Bertz CT molecular complexity index is 1590. The van der Waals surface area contributed by atoms with Gasteiger partial charge >= 0.3 is 10.1 Å². The number of rotatable bonds is 6. The van der Waals surface area contributed by atoms with Gasteiger partial charge < -0.3 is 9.50 Å². The molecular formula is C27H19IN2O4S. The van der Waals surface area contributed by atoms with Crippen LogP contribution in [0.15, 0.2) is 95.4 Å². The predicted octanol–water partition coefficient (Wildman–Crippen LogP) is 6.07. The number of hydrogen-bond donors (Lipinski definition) is 1. The van der Waals surface area contributed by atoms with Gasteiger partial charge in [0.1, 0.15) is 16.5 Å². The third-order valence-electron chi connectivity index (χ3n) is 5.20. The van der Waals surface area contributed by atoms with Crippen molar-refractivity contribution in [2.24, 2.45) is 0 Å². The van der Waals surface area contributed by atoms with Crippen LogP contribution < -0.4 is 9.50 Å². The summed E-state index contributed by atoms with van der Waals surface area (Å²) in [7, 11) is -4.15. The molecule has 0 aromatic heterocycles. The van der Waals surface area contributed by atoms with Crippen LogP contribution in [0.3, 0.4) is 0 Å². The van der Waals surface area contributed by atoms with E-state index < -0.39 is 16.0 Å². The average molecular weight is 594 g/mol. The molecule has 1 N–H and O–H groups in total. The molecule has 0 aliphatic rings. The number of benzene rings is 4. The predicted molar refractivity (Wildman–Crippen MR) is 144 cm³/mol. The highest BCUT2D eigenvalue weighted by Gasteiger charge is 2.20. The summed E-state index contributed by atoms with van der Waals surface area (Å²) in [6, 6.07) is 25.8. The molecule has 6 nitrogen and oxygen atoms in total. The van der Waals surface area contributed by atoms with Gasteiger partial charge in [-0.15, -0.1) is 0 Å². The van der Waals surface area contributed by atoms with Gasteiger partial charge in [0.25, 0.3) is 5.91 Å². The maximum Gasteiger partial charge on any atom is 0.339 e. The lowest BCUT2D eigenvalue weighted by molar-refractivity contribution is -0.112. The fourth-order valence-corrected chi connectivity index (χ4v) is 4.70. The molecule has 0 unspecified atom stereocenters. The van der Waals surface area contributed by atoms with Gasteiger partial charge in [0, 0.05) is 14.8 Å². The molecule has 0 heterocycles. The first-order chi connectivity index (χ1) is 16.8. The molecule has 0 saturated heterocycles. The quantitative estimate of drug-likeness (QED) is 0.127. The zero-order chi connectivity index (χ0) is 25.0. The van der Waals surface area contributed by atoms with Crippen molar-refractivity contribution in [3.8, 4) is 11.8 Å². The lowest BCUT2D eigenvalue weighted by Crippen LogP contribution is -2.14. The summed E-state index contributed by atoms with van der Waals surface area (Å²) in [6.07, 6.45) is 1.35. The van der Waals surface area contributed by atoms with Crippen molar-refractivity contribution in [1.29, 1.82) is 5.26 Å². The van der Waals surface area contributed by atoms with E-state index in [4.69, 9.17) is 4.18 Å². The Hall–Kier alpha value is -3.68. The van der Waals surface area contributed by atoms with Crippen molar-refractivity contribution >= 4 is 61.2 Å². The zero-order valence-corrected chi connectivity index (χ0v) is 21.5. The molecule has 8 heteroatoms. The molecule has 0 spiro atoms. The molecule has 1 amide bonds. The highest BCUT2D eigenvalue weighted by molar-refractivity contribution is 14.1. The van der Waals surface area contributed by atoms with Gasteiger partial charge in [-0.1, -0.05) is 48.0 Å². The van der Waals surface area contributed by atoms with Crippen molar-refractivity contribution in [2.75, 3.05) is 5.32 Å². The van der Waals surface area contributed by atoms with Crippen LogP contribution in [-0.2, 0) is 14.9 Å². The Kier molecular flexibility index (Phi) is 7.19. The summed E-state index contributed by atoms with van der Waals surface area (Å²) in [5, 5.41) is 13.9. The van der Waals surface area contributed by atoms with Crippen LogP contribution in [0.1, 0.15) is 11.1 Å². The Morgan fingerprint density at radius 2 is 1.66 bits per heavy atom. The van der Waals surface area contributed by atoms with E-state index in [1.165, 1.54) is 24.3 Å². The molecule has 4 rings (SSSR count). The van der Waals surface area contributed by atoms with E-state index in [2.05, 4.69) is 27.9 Å². The van der Waals surface area contributed by atoms with E-state index in [1.807, 2.05) is 37.3 Å². The molecule has 35 heavy (non-hydrogen) atoms. The molecule has 0 fully saturated rings. The number of aryl methyl sites for hydroxylation is 1. The number of nitrogens with one attached hydrogen (secondary N) is 1. The number of carbonyl (C=O) groups excluding carboxylic acids is 1. The summed E-state index contributed by atoms with van der Waals surface area (Å²) in [6.45, 7) is 1.86. The Balaban J connectivity index is 1.77. The first-order valence-electron chi connectivity index (χ1n) is 10.5. The number of carbonyl (C=O) groups is 1. The molecule has 0 saturated carbocycles. The van der Waals surface area contributed by atoms with Crippen molar-refractivity contribution in [3.05, 3.63) is 105 Å². The van der Waals surface area contributed by atoms with Gasteiger partial charge in [0.15, 0.2) is 5.75 Å². The molecule has 4 aromatic carbocycles. The maximum atomic E-state index is 13.0. The van der Waals surface area contributed by atoms with Gasteiger partial charge in [-0.2, -0.15) is 13.7 Å². The monoisotopic (exact) mass is 594 g/mol. The number of anilines is 1. The summed E-state index contributed by atoms with van der Waals surface area (Å²) >= 11 is 2.15. The minimum Gasteiger partial charge on any atom is -0.378 e. The number of amides is 1. The standard InChI is InChI=1S/C27H19IN2O4S/c1-18-6-13-23(14-7-18)35(32,33)34-26-15-8-19-4-2-3-5-24(19)25(26)16-20(17-29)27(31)30-22-11-9-21(28)10-12-22/h2-16H,1H3,(H,30,31)/b20-16+. The van der Waals surface area contributed by atoms with E-state index in [0.29, 0.717) is 16.6 Å². The first-order valence-corrected chi connectivity index (χ1v) is 13.0. The smallest absolute Gasteiger partial charge is 0.339 e. The Morgan fingerprint density at radius 3 is 2.34 bits per heavy atom. The highest BCUT2D eigenvalue weighted by atomic mass is 127. The van der Waals surface area contributed by atoms with Gasteiger partial charge in [0.05, 0.1) is 0 Å².